The van der Waals surface area contributed by atoms with Gasteiger partial charge in [-0.3, -0.25) is 4.79 Å². The van der Waals surface area contributed by atoms with Crippen molar-refractivity contribution in [3.05, 3.63) is 29.3 Å². The number of hydrogen-bond acceptors (Lipinski definition) is 2. The lowest BCUT2D eigenvalue weighted by Crippen LogP contribution is -2.37. The van der Waals surface area contributed by atoms with E-state index < -0.39 is 0 Å². The molecule has 0 bridgehead atoms. The highest BCUT2D eigenvalue weighted by Crippen LogP contribution is 2.16. The first-order valence-electron chi connectivity index (χ1n) is 5.53. The van der Waals surface area contributed by atoms with Crippen molar-refractivity contribution in [2.24, 2.45) is 5.92 Å². The highest BCUT2D eigenvalue weighted by Gasteiger charge is 2.20. The van der Waals surface area contributed by atoms with Crippen LogP contribution in [0.2, 0.25) is 5.02 Å². The van der Waals surface area contributed by atoms with Crippen LogP contribution in [-0.4, -0.2) is 19.0 Å². The first kappa shape index (κ1) is 11.4. The number of nitrogens with one attached hydrogen (secondary N) is 2. The quantitative estimate of drug-likeness (QED) is 0.830. The van der Waals surface area contributed by atoms with Crippen molar-refractivity contribution in [3.63, 3.8) is 0 Å². The van der Waals surface area contributed by atoms with Crippen molar-refractivity contribution in [3.8, 4) is 0 Å². The van der Waals surface area contributed by atoms with Crippen LogP contribution < -0.4 is 10.6 Å². The zero-order chi connectivity index (χ0) is 11.4. The standard InChI is InChI=1S/C12H15ClN2O/c13-10-3-5-11(6-4-10)15-12(16)9-2-1-7-14-8-9/h3-6,9,14H,1-2,7-8H2,(H,15,16)/t9-/m0/s1. The van der Waals surface area contributed by atoms with Crippen LogP contribution in [0.3, 0.4) is 0 Å². The summed E-state index contributed by atoms with van der Waals surface area (Å²) < 4.78 is 0. The second kappa shape index (κ2) is 5.32. The van der Waals surface area contributed by atoms with Gasteiger partial charge in [-0.05, 0) is 43.7 Å². The van der Waals surface area contributed by atoms with E-state index in [0.717, 1.165) is 31.6 Å². The highest BCUT2D eigenvalue weighted by atomic mass is 35.5. The van der Waals surface area contributed by atoms with Crippen molar-refractivity contribution in [1.82, 2.24) is 5.32 Å². The minimum atomic E-state index is 0.0874. The van der Waals surface area contributed by atoms with Gasteiger partial charge in [0.25, 0.3) is 0 Å². The molecule has 0 saturated carbocycles. The van der Waals surface area contributed by atoms with Crippen LogP contribution in [-0.2, 0) is 4.79 Å². The van der Waals surface area contributed by atoms with Gasteiger partial charge in [0, 0.05) is 17.3 Å². The van der Waals surface area contributed by atoms with E-state index in [9.17, 15) is 4.79 Å². The largest absolute Gasteiger partial charge is 0.326 e. The lowest BCUT2D eigenvalue weighted by atomic mass is 9.99. The number of halogens is 1. The number of anilines is 1. The molecule has 1 heterocycles. The SMILES string of the molecule is O=C(Nc1ccc(Cl)cc1)[C@H]1CCCNC1. The van der Waals surface area contributed by atoms with E-state index in [2.05, 4.69) is 10.6 Å². The number of carbonyl (C=O) groups excluding carboxylic acids is 1. The normalized spacial score (nSPS) is 20.4. The Morgan fingerprint density at radius 1 is 1.38 bits per heavy atom. The minimum absolute atomic E-state index is 0.0874. The van der Waals surface area contributed by atoms with Crippen molar-refractivity contribution in [2.45, 2.75) is 12.8 Å². The van der Waals surface area contributed by atoms with Gasteiger partial charge in [0.2, 0.25) is 5.91 Å². The number of piperidine rings is 1. The monoisotopic (exact) mass is 238 g/mol. The summed E-state index contributed by atoms with van der Waals surface area (Å²) in [6.45, 7) is 1.80. The molecule has 1 atom stereocenters. The molecule has 1 aromatic rings. The van der Waals surface area contributed by atoms with Gasteiger partial charge in [-0.25, -0.2) is 0 Å². The number of benzene rings is 1. The fraction of sp³-hybridized carbons (Fsp3) is 0.417. The van der Waals surface area contributed by atoms with Gasteiger partial charge in [0.15, 0.2) is 0 Å². The summed E-state index contributed by atoms with van der Waals surface area (Å²) in [5.41, 5.74) is 0.806. The summed E-state index contributed by atoms with van der Waals surface area (Å²) in [6, 6.07) is 7.18. The molecule has 2 rings (SSSR count). The maximum absolute atomic E-state index is 11.9. The maximum atomic E-state index is 11.9. The van der Waals surface area contributed by atoms with E-state index >= 15 is 0 Å². The van der Waals surface area contributed by atoms with E-state index in [4.69, 9.17) is 11.6 Å². The van der Waals surface area contributed by atoms with Gasteiger partial charge in [0.1, 0.15) is 0 Å². The first-order chi connectivity index (χ1) is 7.75. The Kier molecular flexibility index (Phi) is 3.80. The van der Waals surface area contributed by atoms with Gasteiger partial charge in [-0.1, -0.05) is 11.6 Å². The molecule has 0 aliphatic carbocycles. The van der Waals surface area contributed by atoms with Crippen LogP contribution in [0.1, 0.15) is 12.8 Å². The van der Waals surface area contributed by atoms with Crippen LogP contribution in [0, 0.1) is 5.92 Å². The molecular formula is C12H15ClN2O. The molecule has 0 unspecified atom stereocenters. The molecule has 1 aliphatic heterocycles. The summed E-state index contributed by atoms with van der Waals surface area (Å²) in [6.07, 6.45) is 2.03. The topological polar surface area (TPSA) is 41.1 Å². The maximum Gasteiger partial charge on any atom is 0.228 e. The fourth-order valence-corrected chi connectivity index (χ4v) is 1.98. The van der Waals surface area contributed by atoms with Crippen molar-refractivity contribution in [2.75, 3.05) is 18.4 Å². The lowest BCUT2D eigenvalue weighted by Gasteiger charge is -2.21. The molecule has 0 spiro atoms. The van der Waals surface area contributed by atoms with Gasteiger partial charge in [-0.15, -0.1) is 0 Å². The molecule has 0 aromatic heterocycles. The van der Waals surface area contributed by atoms with E-state index in [1.54, 1.807) is 12.1 Å². The Labute approximate surface area is 100 Å². The lowest BCUT2D eigenvalue weighted by molar-refractivity contribution is -0.120. The van der Waals surface area contributed by atoms with Crippen LogP contribution in [0.15, 0.2) is 24.3 Å². The minimum Gasteiger partial charge on any atom is -0.326 e. The molecule has 1 saturated heterocycles. The summed E-state index contributed by atoms with van der Waals surface area (Å²) in [7, 11) is 0. The molecule has 1 amide bonds. The molecule has 1 aromatic carbocycles. The number of carbonyl (C=O) groups is 1. The van der Waals surface area contributed by atoms with Crippen LogP contribution in [0.5, 0.6) is 0 Å². The Morgan fingerprint density at radius 3 is 2.75 bits per heavy atom. The van der Waals surface area contributed by atoms with Crippen LogP contribution in [0.25, 0.3) is 0 Å². The highest BCUT2D eigenvalue weighted by molar-refractivity contribution is 6.30. The molecule has 4 heteroatoms. The smallest absolute Gasteiger partial charge is 0.228 e. The van der Waals surface area contributed by atoms with Crippen LogP contribution in [0.4, 0.5) is 5.69 Å². The van der Waals surface area contributed by atoms with Crippen molar-refractivity contribution in [1.29, 1.82) is 0 Å². The second-order valence-corrected chi connectivity index (χ2v) is 4.48. The van der Waals surface area contributed by atoms with Gasteiger partial charge in [0.05, 0.1) is 5.92 Å². The Morgan fingerprint density at radius 2 is 2.12 bits per heavy atom. The predicted octanol–water partition coefficient (Wildman–Crippen LogP) is 2.28. The number of hydrogen-bond donors (Lipinski definition) is 2. The molecule has 1 aliphatic rings. The van der Waals surface area contributed by atoms with E-state index in [0.29, 0.717) is 5.02 Å². The van der Waals surface area contributed by atoms with Crippen molar-refractivity contribution < 1.29 is 4.79 Å². The van der Waals surface area contributed by atoms with Gasteiger partial charge >= 0.3 is 0 Å². The summed E-state index contributed by atoms with van der Waals surface area (Å²) >= 11 is 5.77. The zero-order valence-corrected chi connectivity index (χ0v) is 9.76. The fourth-order valence-electron chi connectivity index (χ4n) is 1.85. The second-order valence-electron chi connectivity index (χ2n) is 4.04. The third-order valence-electron chi connectivity index (χ3n) is 2.78. The Bertz CT molecular complexity index is 358. The van der Waals surface area contributed by atoms with E-state index in [1.165, 1.54) is 0 Å². The number of rotatable bonds is 2. The zero-order valence-electron chi connectivity index (χ0n) is 9.00. The van der Waals surface area contributed by atoms with Crippen molar-refractivity contribution >= 4 is 23.2 Å². The summed E-state index contributed by atoms with van der Waals surface area (Å²) in [5.74, 6) is 0.180. The molecular weight excluding hydrogens is 224 g/mol. The molecule has 86 valence electrons. The van der Waals surface area contributed by atoms with E-state index in [-0.39, 0.29) is 11.8 Å². The third kappa shape index (κ3) is 2.97. The Balaban J connectivity index is 1.93. The predicted molar refractivity (Wildman–Crippen MR) is 65.7 cm³/mol. The summed E-state index contributed by atoms with van der Waals surface area (Å²) in [4.78, 5) is 11.9. The molecule has 1 fully saturated rings. The number of amides is 1. The van der Waals surface area contributed by atoms with Gasteiger partial charge in [-0.2, -0.15) is 0 Å². The van der Waals surface area contributed by atoms with Gasteiger partial charge < -0.3 is 10.6 Å². The molecule has 16 heavy (non-hydrogen) atoms. The van der Waals surface area contributed by atoms with E-state index in [1.807, 2.05) is 12.1 Å². The first-order valence-corrected chi connectivity index (χ1v) is 5.90. The molecule has 2 N–H and O–H groups in total. The summed E-state index contributed by atoms with van der Waals surface area (Å²) in [5, 5.41) is 6.81. The molecule has 0 radical (unpaired) electrons. The third-order valence-corrected chi connectivity index (χ3v) is 3.03. The van der Waals surface area contributed by atoms with Crippen LogP contribution >= 0.6 is 11.6 Å². The Hall–Kier alpha value is -1.06. The average Bonchev–Trinajstić information content (AvgIpc) is 2.33. The average molecular weight is 239 g/mol. The molecule has 3 nitrogen and oxygen atoms in total.